The third kappa shape index (κ3) is 2.63. The van der Waals surface area contributed by atoms with Crippen molar-refractivity contribution in [2.75, 3.05) is 13.2 Å². The number of carbonyl (C=O) groups is 1. The van der Waals surface area contributed by atoms with Crippen LogP contribution < -0.4 is 15.4 Å². The fraction of sp³-hybridized carbons (Fsp3) is 0.632. The van der Waals surface area contributed by atoms with E-state index >= 15 is 0 Å². The molecule has 1 aromatic carbocycles. The van der Waals surface area contributed by atoms with Gasteiger partial charge in [0, 0.05) is 24.7 Å². The number of ether oxygens (including phenoxy) is 1. The lowest BCUT2D eigenvalue weighted by Crippen LogP contribution is -2.41. The van der Waals surface area contributed by atoms with Crippen LogP contribution in [0.5, 0.6) is 5.75 Å². The van der Waals surface area contributed by atoms with Gasteiger partial charge in [0.15, 0.2) is 0 Å². The molecule has 0 radical (unpaired) electrons. The van der Waals surface area contributed by atoms with Crippen LogP contribution in [-0.4, -0.2) is 25.1 Å². The monoisotopic (exact) mass is 314 g/mol. The lowest BCUT2D eigenvalue weighted by atomic mass is 9.83. The largest absolute Gasteiger partial charge is 0.491 e. The Balaban J connectivity index is 1.51. The zero-order valence-corrected chi connectivity index (χ0v) is 13.9. The summed E-state index contributed by atoms with van der Waals surface area (Å²) in [5.41, 5.74) is 2.13. The summed E-state index contributed by atoms with van der Waals surface area (Å²) in [5, 5.41) is 6.60. The van der Waals surface area contributed by atoms with Gasteiger partial charge in [0.2, 0.25) is 0 Å². The minimum Gasteiger partial charge on any atom is -0.491 e. The predicted octanol–water partition coefficient (Wildman–Crippen LogP) is 2.87. The fourth-order valence-corrected chi connectivity index (χ4v) is 4.63. The number of nitrogens with one attached hydrogen (secondary N) is 2. The average molecular weight is 314 g/mol. The summed E-state index contributed by atoms with van der Waals surface area (Å²) in [6.07, 6.45) is 6.58. The number of benzene rings is 1. The Hall–Kier alpha value is -1.55. The first kappa shape index (κ1) is 15.0. The van der Waals surface area contributed by atoms with E-state index in [1.54, 1.807) is 0 Å². The van der Waals surface area contributed by atoms with Crippen molar-refractivity contribution in [1.82, 2.24) is 10.6 Å². The van der Waals surface area contributed by atoms with Gasteiger partial charge in [-0.3, -0.25) is 4.79 Å². The standard InChI is InChI=1S/C19H26N2O2/c1-13(19-8-3-2-6-15(19)11-19)21-18(22)16-7-4-5-14-12-20-9-10-23-17(14)16/h4-5,7,13,15,20H,2-3,6,8-12H2,1H3,(H,21,22). The van der Waals surface area contributed by atoms with Gasteiger partial charge in [0.25, 0.3) is 5.91 Å². The lowest BCUT2D eigenvalue weighted by Gasteiger charge is -2.29. The molecular weight excluding hydrogens is 288 g/mol. The molecular formula is C19H26N2O2. The van der Waals surface area contributed by atoms with Gasteiger partial charge in [0.05, 0.1) is 5.56 Å². The second kappa shape index (κ2) is 5.82. The van der Waals surface area contributed by atoms with Crippen molar-refractivity contribution in [2.24, 2.45) is 11.3 Å². The number of carbonyl (C=O) groups excluding carboxylic acids is 1. The van der Waals surface area contributed by atoms with Crippen LogP contribution in [0.1, 0.15) is 54.9 Å². The molecule has 23 heavy (non-hydrogen) atoms. The maximum absolute atomic E-state index is 12.8. The van der Waals surface area contributed by atoms with Crippen molar-refractivity contribution in [3.63, 3.8) is 0 Å². The Morgan fingerprint density at radius 2 is 2.35 bits per heavy atom. The van der Waals surface area contributed by atoms with Crippen molar-refractivity contribution in [3.8, 4) is 5.75 Å². The zero-order valence-electron chi connectivity index (χ0n) is 13.9. The summed E-state index contributed by atoms with van der Waals surface area (Å²) in [7, 11) is 0. The molecule has 0 saturated heterocycles. The second-order valence-corrected chi connectivity index (χ2v) is 7.39. The highest BCUT2D eigenvalue weighted by Gasteiger charge is 2.58. The predicted molar refractivity (Wildman–Crippen MR) is 89.6 cm³/mol. The molecule has 0 bridgehead atoms. The van der Waals surface area contributed by atoms with Crippen molar-refractivity contribution in [1.29, 1.82) is 0 Å². The van der Waals surface area contributed by atoms with Crippen LogP contribution in [0.25, 0.3) is 0 Å². The van der Waals surface area contributed by atoms with Crippen LogP contribution in [0.3, 0.4) is 0 Å². The zero-order chi connectivity index (χ0) is 15.9. The maximum atomic E-state index is 12.8. The molecule has 2 saturated carbocycles. The molecule has 1 aromatic rings. The quantitative estimate of drug-likeness (QED) is 0.902. The van der Waals surface area contributed by atoms with Gasteiger partial charge in [-0.05, 0) is 43.6 Å². The first-order valence-corrected chi connectivity index (χ1v) is 8.97. The molecule has 2 aliphatic carbocycles. The van der Waals surface area contributed by atoms with Gasteiger partial charge in [0.1, 0.15) is 12.4 Å². The van der Waals surface area contributed by atoms with Gasteiger partial charge < -0.3 is 15.4 Å². The molecule has 4 heteroatoms. The van der Waals surface area contributed by atoms with E-state index in [2.05, 4.69) is 17.6 Å². The van der Waals surface area contributed by atoms with Crippen LogP contribution in [0.4, 0.5) is 0 Å². The summed E-state index contributed by atoms with van der Waals surface area (Å²) in [6.45, 7) is 4.38. The third-order valence-corrected chi connectivity index (χ3v) is 6.12. The maximum Gasteiger partial charge on any atom is 0.255 e. The topological polar surface area (TPSA) is 50.4 Å². The molecule has 4 rings (SSSR count). The minimum atomic E-state index is 0.0156. The van der Waals surface area contributed by atoms with Gasteiger partial charge in [-0.1, -0.05) is 25.0 Å². The minimum absolute atomic E-state index is 0.0156. The molecule has 0 spiro atoms. The van der Waals surface area contributed by atoms with E-state index in [1.165, 1.54) is 32.1 Å². The van der Waals surface area contributed by atoms with Gasteiger partial charge >= 0.3 is 0 Å². The van der Waals surface area contributed by atoms with Gasteiger partial charge in [-0.15, -0.1) is 0 Å². The Bertz CT molecular complexity index is 615. The molecule has 124 valence electrons. The average Bonchev–Trinajstić information content (AvgIpc) is 3.34. The van der Waals surface area contributed by atoms with Crippen LogP contribution in [0.15, 0.2) is 18.2 Å². The SMILES string of the molecule is CC(NC(=O)c1cccc2c1OCCNC2)C12CCCCC1C2. The van der Waals surface area contributed by atoms with Crippen LogP contribution >= 0.6 is 0 Å². The highest BCUT2D eigenvalue weighted by Crippen LogP contribution is 2.63. The Labute approximate surface area is 138 Å². The first-order chi connectivity index (χ1) is 11.2. The van der Waals surface area contributed by atoms with Crippen molar-refractivity contribution in [3.05, 3.63) is 29.3 Å². The Morgan fingerprint density at radius 3 is 3.22 bits per heavy atom. The highest BCUT2D eigenvalue weighted by atomic mass is 16.5. The van der Waals surface area contributed by atoms with Crippen molar-refractivity contribution >= 4 is 5.91 Å². The molecule has 1 aliphatic heterocycles. The van der Waals surface area contributed by atoms with E-state index in [9.17, 15) is 4.79 Å². The number of amides is 1. The molecule has 0 aromatic heterocycles. The van der Waals surface area contributed by atoms with Crippen LogP contribution in [-0.2, 0) is 6.54 Å². The molecule has 3 unspecified atom stereocenters. The van der Waals surface area contributed by atoms with Gasteiger partial charge in [-0.25, -0.2) is 0 Å². The number of hydrogen-bond donors (Lipinski definition) is 2. The molecule has 4 nitrogen and oxygen atoms in total. The Kier molecular flexibility index (Phi) is 3.80. The molecule has 2 fully saturated rings. The van der Waals surface area contributed by atoms with E-state index in [1.807, 2.05) is 18.2 Å². The fourth-order valence-electron chi connectivity index (χ4n) is 4.63. The van der Waals surface area contributed by atoms with Crippen molar-refractivity contribution < 1.29 is 9.53 Å². The van der Waals surface area contributed by atoms with E-state index in [0.29, 0.717) is 17.6 Å². The van der Waals surface area contributed by atoms with E-state index in [-0.39, 0.29) is 11.9 Å². The second-order valence-electron chi connectivity index (χ2n) is 7.39. The van der Waals surface area contributed by atoms with Crippen LogP contribution in [0.2, 0.25) is 0 Å². The van der Waals surface area contributed by atoms with E-state index in [0.717, 1.165) is 30.3 Å². The summed E-state index contributed by atoms with van der Waals surface area (Å²) < 4.78 is 5.84. The van der Waals surface area contributed by atoms with Crippen molar-refractivity contribution in [2.45, 2.75) is 51.6 Å². The molecule has 1 heterocycles. The van der Waals surface area contributed by atoms with Crippen LogP contribution in [0, 0.1) is 11.3 Å². The number of hydrogen-bond acceptors (Lipinski definition) is 3. The summed E-state index contributed by atoms with van der Waals surface area (Å²) >= 11 is 0. The number of fused-ring (bicyclic) bond motifs is 2. The highest BCUT2D eigenvalue weighted by molar-refractivity contribution is 5.97. The smallest absolute Gasteiger partial charge is 0.255 e. The summed E-state index contributed by atoms with van der Waals surface area (Å²) in [5.74, 6) is 1.61. The molecule has 3 atom stereocenters. The molecule has 2 N–H and O–H groups in total. The Morgan fingerprint density at radius 1 is 1.43 bits per heavy atom. The lowest BCUT2D eigenvalue weighted by molar-refractivity contribution is 0.0907. The van der Waals surface area contributed by atoms with E-state index in [4.69, 9.17) is 4.74 Å². The number of rotatable bonds is 3. The number of para-hydroxylation sites is 1. The third-order valence-electron chi connectivity index (χ3n) is 6.12. The summed E-state index contributed by atoms with van der Waals surface area (Å²) in [6, 6.07) is 6.12. The first-order valence-electron chi connectivity index (χ1n) is 8.97. The summed E-state index contributed by atoms with van der Waals surface area (Å²) in [4.78, 5) is 12.8. The van der Waals surface area contributed by atoms with Gasteiger partial charge in [-0.2, -0.15) is 0 Å². The molecule has 3 aliphatic rings. The molecule has 1 amide bonds. The van der Waals surface area contributed by atoms with E-state index < -0.39 is 0 Å². The normalized spacial score (nSPS) is 30.2.